The number of carbonyl (C=O) groups is 1. The molecular weight excluding hydrogens is 423 g/mol. The maximum atomic E-state index is 14.4. The van der Waals surface area contributed by atoms with E-state index < -0.39 is 21.7 Å². The number of halogens is 2. The minimum atomic E-state index is -3.78. The number of imidazole rings is 1. The summed E-state index contributed by atoms with van der Waals surface area (Å²) in [6.07, 6.45) is 2.98. The highest BCUT2D eigenvalue weighted by atomic mass is 35.5. The molecule has 29 heavy (non-hydrogen) atoms. The molecule has 0 bridgehead atoms. The van der Waals surface area contributed by atoms with Crippen molar-refractivity contribution < 1.29 is 22.3 Å². The Balaban J connectivity index is 1.74. The Morgan fingerprint density at radius 2 is 2.07 bits per heavy atom. The average Bonchev–Trinajstić information content (AvgIpc) is 3.01. The Labute approximate surface area is 173 Å². The zero-order valence-corrected chi connectivity index (χ0v) is 17.6. The van der Waals surface area contributed by atoms with Crippen LogP contribution >= 0.6 is 11.6 Å². The van der Waals surface area contributed by atoms with Gasteiger partial charge >= 0.3 is 0 Å². The van der Waals surface area contributed by atoms with Crippen molar-refractivity contribution in [2.24, 2.45) is 13.0 Å². The summed E-state index contributed by atoms with van der Waals surface area (Å²) in [6.45, 7) is 2.82. The highest BCUT2D eigenvalue weighted by Gasteiger charge is 2.23. The second kappa shape index (κ2) is 8.78. The molecule has 2 aromatic rings. The third-order valence-electron chi connectivity index (χ3n) is 4.79. The lowest BCUT2D eigenvalue weighted by molar-refractivity contribution is 0.0722. The van der Waals surface area contributed by atoms with E-state index in [4.69, 9.17) is 16.3 Å². The van der Waals surface area contributed by atoms with Crippen LogP contribution < -0.4 is 10.3 Å². The van der Waals surface area contributed by atoms with Crippen molar-refractivity contribution >= 4 is 27.5 Å². The highest BCUT2D eigenvalue weighted by molar-refractivity contribution is 7.89. The van der Waals surface area contributed by atoms with Crippen LogP contribution in [0.15, 0.2) is 18.3 Å². The lowest BCUT2D eigenvalue weighted by Crippen LogP contribution is -2.44. The Bertz CT molecular complexity index is 1000. The number of benzene rings is 1. The molecule has 158 valence electrons. The van der Waals surface area contributed by atoms with Crippen LogP contribution in [0.3, 0.4) is 0 Å². The van der Waals surface area contributed by atoms with Gasteiger partial charge in [-0.25, -0.2) is 17.8 Å². The summed E-state index contributed by atoms with van der Waals surface area (Å²) >= 11 is 5.94. The van der Waals surface area contributed by atoms with Crippen molar-refractivity contribution in [2.45, 2.75) is 19.8 Å². The summed E-state index contributed by atoms with van der Waals surface area (Å²) in [4.78, 5) is 18.8. The number of carbonyl (C=O) groups excluding carboxylic acids is 1. The molecule has 1 saturated heterocycles. The standard InChI is InChI=1S/C18H22ClFN4O4S/c1-11-21-16(9-24(11)2)13-7-14(17(20)15(19)8-13)18(25)22-23-29(26,27)10-12-3-5-28-6-4-12/h7-9,12,23H,3-6,10H2,1-2H3,(H,22,25). The van der Waals surface area contributed by atoms with Gasteiger partial charge in [0.05, 0.1) is 22.0 Å². The average molecular weight is 445 g/mol. The molecule has 2 heterocycles. The van der Waals surface area contributed by atoms with Gasteiger partial charge in [0, 0.05) is 32.0 Å². The molecule has 1 amide bonds. The second-order valence-corrected chi connectivity index (χ2v) is 9.17. The highest BCUT2D eigenvalue weighted by Crippen LogP contribution is 2.27. The van der Waals surface area contributed by atoms with E-state index >= 15 is 0 Å². The van der Waals surface area contributed by atoms with Crippen LogP contribution in [0.1, 0.15) is 29.0 Å². The largest absolute Gasteiger partial charge is 0.381 e. The van der Waals surface area contributed by atoms with Gasteiger partial charge in [0.15, 0.2) is 5.82 Å². The molecule has 3 rings (SSSR count). The summed E-state index contributed by atoms with van der Waals surface area (Å²) < 4.78 is 45.8. The number of ether oxygens (including phenoxy) is 1. The van der Waals surface area contributed by atoms with E-state index in [1.54, 1.807) is 24.7 Å². The molecule has 1 aliphatic heterocycles. The Morgan fingerprint density at radius 3 is 2.69 bits per heavy atom. The summed E-state index contributed by atoms with van der Waals surface area (Å²) in [6, 6.07) is 2.65. The fraction of sp³-hybridized carbons (Fsp3) is 0.444. The predicted octanol–water partition coefficient (Wildman–Crippen LogP) is 2.18. The molecule has 11 heteroatoms. The fourth-order valence-electron chi connectivity index (χ4n) is 3.06. The smallest absolute Gasteiger partial charge is 0.269 e. The monoisotopic (exact) mass is 444 g/mol. The first-order valence-corrected chi connectivity index (χ1v) is 11.1. The van der Waals surface area contributed by atoms with E-state index in [0.29, 0.717) is 37.3 Å². The van der Waals surface area contributed by atoms with Crippen LogP contribution in [0.5, 0.6) is 0 Å². The number of hydrogen-bond acceptors (Lipinski definition) is 5. The van der Waals surface area contributed by atoms with Gasteiger partial charge in [0.1, 0.15) is 5.82 Å². The topological polar surface area (TPSA) is 102 Å². The van der Waals surface area contributed by atoms with Gasteiger partial charge in [-0.15, -0.1) is 4.83 Å². The van der Waals surface area contributed by atoms with Crippen molar-refractivity contribution in [3.8, 4) is 11.3 Å². The Hall–Kier alpha value is -2.01. The Morgan fingerprint density at radius 1 is 1.38 bits per heavy atom. The number of nitrogens with one attached hydrogen (secondary N) is 2. The number of amides is 1. The van der Waals surface area contributed by atoms with Crippen molar-refractivity contribution in [1.29, 1.82) is 0 Å². The molecule has 0 saturated carbocycles. The number of rotatable bonds is 6. The molecule has 8 nitrogen and oxygen atoms in total. The van der Waals surface area contributed by atoms with E-state index in [2.05, 4.69) is 10.4 Å². The molecule has 1 fully saturated rings. The summed E-state index contributed by atoms with van der Waals surface area (Å²) in [5.41, 5.74) is 2.63. The van der Waals surface area contributed by atoms with Crippen LogP contribution in [-0.2, 0) is 21.8 Å². The van der Waals surface area contributed by atoms with E-state index in [0.717, 1.165) is 5.82 Å². The van der Waals surface area contributed by atoms with Crippen LogP contribution in [0.4, 0.5) is 4.39 Å². The molecule has 2 N–H and O–H groups in total. The van der Waals surface area contributed by atoms with E-state index in [1.165, 1.54) is 12.1 Å². The van der Waals surface area contributed by atoms with Gasteiger partial charge in [-0.3, -0.25) is 10.2 Å². The number of aromatic nitrogens is 2. The molecule has 0 radical (unpaired) electrons. The van der Waals surface area contributed by atoms with Crippen LogP contribution in [0.25, 0.3) is 11.3 Å². The van der Waals surface area contributed by atoms with Crippen LogP contribution in [0, 0.1) is 18.7 Å². The molecular formula is C18H22ClFN4O4S. The third-order valence-corrected chi connectivity index (χ3v) is 6.39. The van der Waals surface area contributed by atoms with Crippen molar-refractivity contribution in [3.05, 3.63) is 40.6 Å². The molecule has 1 aliphatic rings. The minimum Gasteiger partial charge on any atom is -0.381 e. The molecule has 1 aromatic carbocycles. The summed E-state index contributed by atoms with van der Waals surface area (Å²) in [5, 5.41) is -0.263. The number of sulfonamides is 1. The zero-order valence-electron chi connectivity index (χ0n) is 16.0. The quantitative estimate of drug-likeness (QED) is 0.665. The number of nitrogens with zero attached hydrogens (tertiary/aromatic N) is 2. The number of aryl methyl sites for hydroxylation is 2. The molecule has 0 atom stereocenters. The predicted molar refractivity (Wildman–Crippen MR) is 106 cm³/mol. The van der Waals surface area contributed by atoms with E-state index in [-0.39, 0.29) is 22.3 Å². The van der Waals surface area contributed by atoms with Gasteiger partial charge in [0.25, 0.3) is 5.91 Å². The normalized spacial score (nSPS) is 15.4. The second-order valence-electron chi connectivity index (χ2n) is 7.00. The SMILES string of the molecule is Cc1nc(-c2cc(Cl)c(F)c(C(=O)NNS(=O)(=O)CC3CCOCC3)c2)cn1C. The van der Waals surface area contributed by atoms with Gasteiger partial charge in [-0.2, -0.15) is 0 Å². The van der Waals surface area contributed by atoms with Crippen molar-refractivity contribution in [1.82, 2.24) is 19.8 Å². The van der Waals surface area contributed by atoms with E-state index in [9.17, 15) is 17.6 Å². The molecule has 0 unspecified atom stereocenters. The molecule has 1 aromatic heterocycles. The first-order chi connectivity index (χ1) is 13.7. The number of hydrazine groups is 1. The van der Waals surface area contributed by atoms with Gasteiger partial charge in [0.2, 0.25) is 10.0 Å². The van der Waals surface area contributed by atoms with Gasteiger partial charge in [-0.1, -0.05) is 11.6 Å². The maximum absolute atomic E-state index is 14.4. The van der Waals surface area contributed by atoms with Crippen molar-refractivity contribution in [2.75, 3.05) is 19.0 Å². The first kappa shape index (κ1) is 21.7. The molecule has 0 spiro atoms. The minimum absolute atomic E-state index is 0.0555. The number of hydrogen-bond donors (Lipinski definition) is 2. The van der Waals surface area contributed by atoms with Crippen LogP contribution in [-0.4, -0.2) is 42.8 Å². The first-order valence-electron chi connectivity index (χ1n) is 9.03. The third kappa shape index (κ3) is 5.33. The maximum Gasteiger partial charge on any atom is 0.269 e. The zero-order chi connectivity index (χ0) is 21.2. The van der Waals surface area contributed by atoms with Gasteiger partial charge < -0.3 is 9.30 Å². The lowest BCUT2D eigenvalue weighted by atomic mass is 10.0. The Kier molecular flexibility index (Phi) is 6.57. The lowest BCUT2D eigenvalue weighted by Gasteiger charge is -2.21. The van der Waals surface area contributed by atoms with Crippen molar-refractivity contribution in [3.63, 3.8) is 0 Å². The van der Waals surface area contributed by atoms with Crippen LogP contribution in [0.2, 0.25) is 5.02 Å². The fourth-order valence-corrected chi connectivity index (χ4v) is 4.56. The van der Waals surface area contributed by atoms with E-state index in [1.807, 2.05) is 4.83 Å². The molecule has 0 aliphatic carbocycles. The summed E-state index contributed by atoms with van der Waals surface area (Å²) in [7, 11) is -1.98. The van der Waals surface area contributed by atoms with Gasteiger partial charge in [-0.05, 0) is 37.8 Å². The summed E-state index contributed by atoms with van der Waals surface area (Å²) in [5.74, 6) is -1.36.